The van der Waals surface area contributed by atoms with Gasteiger partial charge in [0.1, 0.15) is 23.9 Å². The van der Waals surface area contributed by atoms with Gasteiger partial charge in [-0.15, -0.1) is 0 Å². The largest absolute Gasteiger partial charge is 0.491 e. The third-order valence-electron chi connectivity index (χ3n) is 3.85. The van der Waals surface area contributed by atoms with Crippen molar-refractivity contribution in [3.8, 4) is 11.5 Å². The van der Waals surface area contributed by atoms with E-state index in [0.29, 0.717) is 18.9 Å². The van der Waals surface area contributed by atoms with Gasteiger partial charge in [0.15, 0.2) is 6.10 Å². The van der Waals surface area contributed by atoms with Crippen LogP contribution >= 0.6 is 0 Å². The highest BCUT2D eigenvalue weighted by Crippen LogP contribution is 2.30. The minimum absolute atomic E-state index is 0.0165. The van der Waals surface area contributed by atoms with E-state index < -0.39 is 6.10 Å². The van der Waals surface area contributed by atoms with E-state index in [1.54, 1.807) is 6.92 Å². The van der Waals surface area contributed by atoms with Crippen LogP contribution in [0.4, 0.5) is 4.39 Å². The summed E-state index contributed by atoms with van der Waals surface area (Å²) in [5.41, 5.74) is 1.11. The fourth-order valence-electron chi connectivity index (χ4n) is 2.46. The van der Waals surface area contributed by atoms with Gasteiger partial charge in [-0.05, 0) is 48.2 Å². The molecule has 2 aromatic carbocycles. The third kappa shape index (κ3) is 5.76. The number of nitrogens with one attached hydrogen (secondary N) is 1. The van der Waals surface area contributed by atoms with Crippen LogP contribution in [0.2, 0.25) is 0 Å². The third-order valence-corrected chi connectivity index (χ3v) is 3.85. The first-order chi connectivity index (χ1) is 12.3. The number of rotatable bonds is 7. The van der Waals surface area contributed by atoms with Gasteiger partial charge in [0.2, 0.25) is 0 Å². The van der Waals surface area contributed by atoms with E-state index in [-0.39, 0.29) is 17.1 Å². The van der Waals surface area contributed by atoms with Gasteiger partial charge in [-0.2, -0.15) is 0 Å². The van der Waals surface area contributed by atoms with Crippen molar-refractivity contribution >= 4 is 5.91 Å². The molecule has 0 saturated carbocycles. The van der Waals surface area contributed by atoms with Crippen LogP contribution in [-0.4, -0.2) is 25.2 Å². The quantitative estimate of drug-likeness (QED) is 0.758. The highest BCUT2D eigenvalue weighted by atomic mass is 19.1. The number of halogens is 1. The molecular formula is C21H26FNO3. The average molecular weight is 359 g/mol. The van der Waals surface area contributed by atoms with E-state index in [0.717, 1.165) is 11.3 Å². The Hall–Kier alpha value is -2.56. The van der Waals surface area contributed by atoms with Crippen LogP contribution in [-0.2, 0) is 10.2 Å². The van der Waals surface area contributed by atoms with Crippen molar-refractivity contribution < 1.29 is 18.7 Å². The molecule has 0 heterocycles. The van der Waals surface area contributed by atoms with Gasteiger partial charge in [0.05, 0.1) is 6.54 Å². The van der Waals surface area contributed by atoms with Gasteiger partial charge >= 0.3 is 0 Å². The van der Waals surface area contributed by atoms with E-state index in [4.69, 9.17) is 9.47 Å². The van der Waals surface area contributed by atoms with Crippen molar-refractivity contribution in [3.05, 3.63) is 59.9 Å². The molecule has 1 atom stereocenters. The fourth-order valence-corrected chi connectivity index (χ4v) is 2.46. The van der Waals surface area contributed by atoms with Gasteiger partial charge in [-0.3, -0.25) is 4.79 Å². The Bertz CT molecular complexity index is 723. The van der Waals surface area contributed by atoms with E-state index in [9.17, 15) is 9.18 Å². The molecule has 0 spiro atoms. The molecule has 140 valence electrons. The summed E-state index contributed by atoms with van der Waals surface area (Å²) in [5.74, 6) is 0.679. The fraction of sp³-hybridized carbons (Fsp3) is 0.381. The van der Waals surface area contributed by atoms with Crippen LogP contribution in [0.15, 0.2) is 48.5 Å². The van der Waals surface area contributed by atoms with E-state index in [1.807, 2.05) is 24.3 Å². The predicted molar refractivity (Wildman–Crippen MR) is 100 cm³/mol. The van der Waals surface area contributed by atoms with Crippen LogP contribution in [0.3, 0.4) is 0 Å². The van der Waals surface area contributed by atoms with Crippen LogP contribution < -0.4 is 14.8 Å². The number of ether oxygens (including phenoxy) is 2. The molecule has 5 heteroatoms. The molecule has 26 heavy (non-hydrogen) atoms. The first kappa shape index (κ1) is 19.8. The predicted octanol–water partition coefficient (Wildman–Crippen LogP) is 4.09. The number of hydrogen-bond donors (Lipinski definition) is 1. The summed E-state index contributed by atoms with van der Waals surface area (Å²) in [5, 5.41) is 2.78. The van der Waals surface area contributed by atoms with Crippen LogP contribution in [0.1, 0.15) is 33.3 Å². The summed E-state index contributed by atoms with van der Waals surface area (Å²) in [6, 6.07) is 13.5. The zero-order valence-corrected chi connectivity index (χ0v) is 15.7. The lowest BCUT2D eigenvalue weighted by Gasteiger charge is -2.22. The normalized spacial score (nSPS) is 12.3. The number of para-hydroxylation sites is 1. The summed E-state index contributed by atoms with van der Waals surface area (Å²) in [4.78, 5) is 12.1. The number of hydrogen-bond acceptors (Lipinski definition) is 3. The lowest BCUT2D eigenvalue weighted by molar-refractivity contribution is -0.127. The Morgan fingerprint density at radius 2 is 1.77 bits per heavy atom. The molecule has 0 fully saturated rings. The van der Waals surface area contributed by atoms with Crippen LogP contribution in [0, 0.1) is 5.82 Å². The minimum Gasteiger partial charge on any atom is -0.491 e. The summed E-state index contributed by atoms with van der Waals surface area (Å²) in [6.45, 7) is 8.77. The second-order valence-corrected chi connectivity index (χ2v) is 7.10. The van der Waals surface area contributed by atoms with Gasteiger partial charge in [-0.25, -0.2) is 4.39 Å². The standard InChI is InChI=1S/C21H26FNO3/c1-15(26-17-11-9-16(22)10-12-17)20(24)23-13-14-25-19-8-6-5-7-18(19)21(2,3)4/h5-12,15H,13-14H2,1-4H3,(H,23,24)/t15-/m0/s1. The lowest BCUT2D eigenvalue weighted by atomic mass is 9.86. The van der Waals surface area contributed by atoms with Crippen molar-refractivity contribution in [3.63, 3.8) is 0 Å². The zero-order valence-electron chi connectivity index (χ0n) is 15.7. The molecule has 2 aromatic rings. The summed E-state index contributed by atoms with van der Waals surface area (Å²) >= 11 is 0. The molecule has 4 nitrogen and oxygen atoms in total. The monoisotopic (exact) mass is 359 g/mol. The summed E-state index contributed by atoms with van der Waals surface area (Å²) in [6.07, 6.45) is -0.678. The highest BCUT2D eigenvalue weighted by molar-refractivity contribution is 5.80. The Balaban J connectivity index is 1.79. The smallest absolute Gasteiger partial charge is 0.260 e. The minimum atomic E-state index is -0.678. The molecular weight excluding hydrogens is 333 g/mol. The SMILES string of the molecule is C[C@H](Oc1ccc(F)cc1)C(=O)NCCOc1ccccc1C(C)(C)C. The molecule has 0 aliphatic heterocycles. The van der Waals surface area contributed by atoms with Crippen molar-refractivity contribution in [2.24, 2.45) is 0 Å². The Morgan fingerprint density at radius 3 is 2.42 bits per heavy atom. The van der Waals surface area contributed by atoms with Crippen LogP contribution in [0.5, 0.6) is 11.5 Å². The molecule has 0 aliphatic rings. The highest BCUT2D eigenvalue weighted by Gasteiger charge is 2.18. The topological polar surface area (TPSA) is 47.6 Å². The van der Waals surface area contributed by atoms with E-state index in [1.165, 1.54) is 24.3 Å². The maximum Gasteiger partial charge on any atom is 0.260 e. The molecule has 0 aliphatic carbocycles. The zero-order chi connectivity index (χ0) is 19.2. The number of benzene rings is 2. The molecule has 1 amide bonds. The second kappa shape index (κ2) is 8.70. The molecule has 1 N–H and O–H groups in total. The molecule has 2 rings (SSSR count). The first-order valence-corrected chi connectivity index (χ1v) is 8.69. The van der Waals surface area contributed by atoms with E-state index in [2.05, 4.69) is 26.1 Å². The van der Waals surface area contributed by atoms with Crippen molar-refractivity contribution in [2.45, 2.75) is 39.2 Å². The Kier molecular flexibility index (Phi) is 6.61. The number of amides is 1. The average Bonchev–Trinajstić information content (AvgIpc) is 2.60. The van der Waals surface area contributed by atoms with Crippen molar-refractivity contribution in [1.29, 1.82) is 0 Å². The molecule has 0 saturated heterocycles. The Morgan fingerprint density at radius 1 is 1.12 bits per heavy atom. The van der Waals surface area contributed by atoms with Crippen molar-refractivity contribution in [2.75, 3.05) is 13.2 Å². The Labute approximate surface area is 154 Å². The maximum atomic E-state index is 12.9. The van der Waals surface area contributed by atoms with Crippen LogP contribution in [0.25, 0.3) is 0 Å². The molecule has 0 unspecified atom stereocenters. The van der Waals surface area contributed by atoms with Gasteiger partial charge in [0.25, 0.3) is 5.91 Å². The van der Waals surface area contributed by atoms with Gasteiger partial charge in [0, 0.05) is 0 Å². The molecule has 0 bridgehead atoms. The molecule has 0 radical (unpaired) electrons. The van der Waals surface area contributed by atoms with Gasteiger partial charge < -0.3 is 14.8 Å². The second-order valence-electron chi connectivity index (χ2n) is 7.10. The van der Waals surface area contributed by atoms with E-state index >= 15 is 0 Å². The number of carbonyl (C=O) groups excluding carboxylic acids is 1. The number of carbonyl (C=O) groups is 1. The molecule has 0 aromatic heterocycles. The summed E-state index contributed by atoms with van der Waals surface area (Å²) in [7, 11) is 0. The van der Waals surface area contributed by atoms with Crippen molar-refractivity contribution in [1.82, 2.24) is 5.32 Å². The summed E-state index contributed by atoms with van der Waals surface area (Å²) < 4.78 is 24.2. The lowest BCUT2D eigenvalue weighted by Crippen LogP contribution is -2.38. The first-order valence-electron chi connectivity index (χ1n) is 8.69. The van der Waals surface area contributed by atoms with Gasteiger partial charge in [-0.1, -0.05) is 39.0 Å². The maximum absolute atomic E-state index is 12.9.